The van der Waals surface area contributed by atoms with Gasteiger partial charge < -0.3 is 10.6 Å². The lowest BCUT2D eigenvalue weighted by atomic mass is 9.87. The standard InChI is InChI=1S/C10H22N2O/c1-8(10(2,3)4)12(5)9(13)6-7-11/h8H,6-7,11H2,1-5H3. The minimum Gasteiger partial charge on any atom is -0.342 e. The van der Waals surface area contributed by atoms with Crippen LogP contribution >= 0.6 is 0 Å². The van der Waals surface area contributed by atoms with Gasteiger partial charge in [0.15, 0.2) is 0 Å². The second kappa shape index (κ2) is 4.61. The van der Waals surface area contributed by atoms with E-state index in [1.807, 2.05) is 7.05 Å². The van der Waals surface area contributed by atoms with Crippen molar-refractivity contribution in [3.05, 3.63) is 0 Å². The molecule has 0 fully saturated rings. The van der Waals surface area contributed by atoms with E-state index in [4.69, 9.17) is 5.73 Å². The highest BCUT2D eigenvalue weighted by atomic mass is 16.2. The summed E-state index contributed by atoms with van der Waals surface area (Å²) in [5, 5.41) is 0. The summed E-state index contributed by atoms with van der Waals surface area (Å²) in [5.41, 5.74) is 5.45. The Hall–Kier alpha value is -0.570. The van der Waals surface area contributed by atoms with Crippen molar-refractivity contribution in [1.82, 2.24) is 4.90 Å². The van der Waals surface area contributed by atoms with Crippen LogP contribution in [0.5, 0.6) is 0 Å². The fourth-order valence-corrected chi connectivity index (χ4v) is 1.10. The van der Waals surface area contributed by atoms with Crippen LogP contribution in [0.4, 0.5) is 0 Å². The van der Waals surface area contributed by atoms with Crippen molar-refractivity contribution in [2.45, 2.75) is 40.2 Å². The summed E-state index contributed by atoms with van der Waals surface area (Å²) < 4.78 is 0. The molecular formula is C10H22N2O. The minimum atomic E-state index is 0.124. The molecule has 0 heterocycles. The third-order valence-electron chi connectivity index (χ3n) is 2.59. The summed E-state index contributed by atoms with van der Waals surface area (Å²) >= 11 is 0. The molecular weight excluding hydrogens is 164 g/mol. The highest BCUT2D eigenvalue weighted by Gasteiger charge is 2.26. The quantitative estimate of drug-likeness (QED) is 0.720. The van der Waals surface area contributed by atoms with E-state index >= 15 is 0 Å². The number of nitrogens with two attached hydrogens (primary N) is 1. The maximum Gasteiger partial charge on any atom is 0.223 e. The van der Waals surface area contributed by atoms with Crippen LogP contribution in [0.2, 0.25) is 0 Å². The Morgan fingerprint density at radius 1 is 1.46 bits per heavy atom. The zero-order valence-corrected chi connectivity index (χ0v) is 9.42. The van der Waals surface area contributed by atoms with Crippen LogP contribution in [0.25, 0.3) is 0 Å². The van der Waals surface area contributed by atoms with Gasteiger partial charge in [0, 0.05) is 26.1 Å². The largest absolute Gasteiger partial charge is 0.342 e. The molecule has 0 rings (SSSR count). The lowest BCUT2D eigenvalue weighted by Gasteiger charge is -2.35. The molecule has 0 aromatic carbocycles. The fourth-order valence-electron chi connectivity index (χ4n) is 1.10. The summed E-state index contributed by atoms with van der Waals surface area (Å²) in [5.74, 6) is 0.130. The first-order chi connectivity index (χ1) is 5.80. The number of hydrogen-bond acceptors (Lipinski definition) is 2. The molecule has 78 valence electrons. The minimum absolute atomic E-state index is 0.124. The van der Waals surface area contributed by atoms with Crippen molar-refractivity contribution in [3.8, 4) is 0 Å². The Morgan fingerprint density at radius 3 is 2.23 bits per heavy atom. The molecule has 0 saturated carbocycles. The average Bonchev–Trinajstić information content (AvgIpc) is 2.00. The van der Waals surface area contributed by atoms with Crippen LogP contribution in [0.3, 0.4) is 0 Å². The van der Waals surface area contributed by atoms with Gasteiger partial charge in [0.1, 0.15) is 0 Å². The molecule has 0 aliphatic heterocycles. The molecule has 0 spiro atoms. The van der Waals surface area contributed by atoms with Gasteiger partial charge in [-0.25, -0.2) is 0 Å². The van der Waals surface area contributed by atoms with Gasteiger partial charge in [0.25, 0.3) is 0 Å². The molecule has 0 aromatic rings. The van der Waals surface area contributed by atoms with Crippen molar-refractivity contribution < 1.29 is 4.79 Å². The van der Waals surface area contributed by atoms with Gasteiger partial charge in [-0.2, -0.15) is 0 Å². The van der Waals surface area contributed by atoms with Crippen LogP contribution in [0.15, 0.2) is 0 Å². The molecule has 13 heavy (non-hydrogen) atoms. The van der Waals surface area contributed by atoms with Crippen molar-refractivity contribution in [2.24, 2.45) is 11.1 Å². The topological polar surface area (TPSA) is 46.3 Å². The molecule has 0 aromatic heterocycles. The molecule has 1 atom stereocenters. The number of hydrogen-bond donors (Lipinski definition) is 1. The van der Waals surface area contributed by atoms with Crippen LogP contribution in [-0.4, -0.2) is 30.4 Å². The highest BCUT2D eigenvalue weighted by Crippen LogP contribution is 2.23. The van der Waals surface area contributed by atoms with E-state index in [1.165, 1.54) is 0 Å². The molecule has 0 bridgehead atoms. The zero-order valence-electron chi connectivity index (χ0n) is 9.42. The smallest absolute Gasteiger partial charge is 0.223 e. The predicted molar refractivity (Wildman–Crippen MR) is 55.4 cm³/mol. The van der Waals surface area contributed by atoms with Gasteiger partial charge in [-0.15, -0.1) is 0 Å². The Balaban J connectivity index is 4.25. The Morgan fingerprint density at radius 2 is 1.92 bits per heavy atom. The summed E-state index contributed by atoms with van der Waals surface area (Å²) in [6, 6.07) is 0.242. The van der Waals surface area contributed by atoms with Gasteiger partial charge in [-0.05, 0) is 12.3 Å². The van der Waals surface area contributed by atoms with E-state index in [0.29, 0.717) is 13.0 Å². The third-order valence-corrected chi connectivity index (χ3v) is 2.59. The number of carbonyl (C=O) groups excluding carboxylic acids is 1. The van der Waals surface area contributed by atoms with Crippen LogP contribution < -0.4 is 5.73 Å². The molecule has 3 heteroatoms. The van der Waals surface area contributed by atoms with Gasteiger partial charge in [-0.1, -0.05) is 20.8 Å². The fraction of sp³-hybridized carbons (Fsp3) is 0.900. The summed E-state index contributed by atoms with van der Waals surface area (Å²) in [7, 11) is 1.84. The van der Waals surface area contributed by atoms with Crippen molar-refractivity contribution in [3.63, 3.8) is 0 Å². The number of rotatable bonds is 3. The molecule has 3 nitrogen and oxygen atoms in total. The molecule has 1 unspecified atom stereocenters. The van der Waals surface area contributed by atoms with E-state index in [0.717, 1.165) is 0 Å². The summed E-state index contributed by atoms with van der Waals surface area (Å²) in [4.78, 5) is 13.3. The second-order valence-corrected chi connectivity index (χ2v) is 4.59. The third kappa shape index (κ3) is 3.77. The first kappa shape index (κ1) is 12.4. The number of carbonyl (C=O) groups is 1. The molecule has 1 amide bonds. The van der Waals surface area contributed by atoms with E-state index < -0.39 is 0 Å². The molecule has 0 saturated heterocycles. The van der Waals surface area contributed by atoms with E-state index in [-0.39, 0.29) is 17.4 Å². The van der Waals surface area contributed by atoms with Crippen molar-refractivity contribution in [2.75, 3.05) is 13.6 Å². The van der Waals surface area contributed by atoms with Gasteiger partial charge >= 0.3 is 0 Å². The maximum atomic E-state index is 11.5. The first-order valence-corrected chi connectivity index (χ1v) is 4.76. The summed E-state index contributed by atoms with van der Waals surface area (Å²) in [6.45, 7) is 8.88. The average molecular weight is 186 g/mol. The van der Waals surface area contributed by atoms with Crippen LogP contribution in [-0.2, 0) is 4.79 Å². The molecule has 0 radical (unpaired) electrons. The van der Waals surface area contributed by atoms with Crippen LogP contribution in [0.1, 0.15) is 34.1 Å². The zero-order chi connectivity index (χ0) is 10.6. The van der Waals surface area contributed by atoms with Crippen LogP contribution in [0, 0.1) is 5.41 Å². The van der Waals surface area contributed by atoms with Crippen molar-refractivity contribution in [1.29, 1.82) is 0 Å². The number of amides is 1. The van der Waals surface area contributed by atoms with E-state index in [9.17, 15) is 4.79 Å². The van der Waals surface area contributed by atoms with Gasteiger partial charge in [0.05, 0.1) is 0 Å². The van der Waals surface area contributed by atoms with Gasteiger partial charge in [0.2, 0.25) is 5.91 Å². The SMILES string of the molecule is CC(N(C)C(=O)CCN)C(C)(C)C. The lowest BCUT2D eigenvalue weighted by molar-refractivity contribution is -0.133. The van der Waals surface area contributed by atoms with Crippen molar-refractivity contribution >= 4 is 5.91 Å². The monoisotopic (exact) mass is 186 g/mol. The second-order valence-electron chi connectivity index (χ2n) is 4.59. The summed E-state index contributed by atoms with van der Waals surface area (Å²) in [6.07, 6.45) is 0.441. The first-order valence-electron chi connectivity index (χ1n) is 4.76. The van der Waals surface area contributed by atoms with Gasteiger partial charge in [-0.3, -0.25) is 4.79 Å². The Kier molecular flexibility index (Phi) is 4.40. The maximum absolute atomic E-state index is 11.5. The molecule has 0 aliphatic rings. The normalized spacial score (nSPS) is 14.0. The molecule has 2 N–H and O–H groups in total. The Bertz CT molecular complexity index is 172. The van der Waals surface area contributed by atoms with E-state index in [1.54, 1.807) is 4.90 Å². The number of nitrogens with zero attached hydrogens (tertiary/aromatic N) is 1. The Labute approximate surface area is 81.3 Å². The lowest BCUT2D eigenvalue weighted by Crippen LogP contribution is -2.43. The van der Waals surface area contributed by atoms with E-state index in [2.05, 4.69) is 27.7 Å². The molecule has 0 aliphatic carbocycles. The highest BCUT2D eigenvalue weighted by molar-refractivity contribution is 5.76. The predicted octanol–water partition coefficient (Wildman–Crippen LogP) is 1.23.